The van der Waals surface area contributed by atoms with Crippen molar-refractivity contribution in [1.29, 1.82) is 0 Å². The largest absolute Gasteiger partial charge is 0.472 e. The summed E-state index contributed by atoms with van der Waals surface area (Å²) in [5.41, 5.74) is 0. The van der Waals surface area contributed by atoms with Gasteiger partial charge in [0.05, 0.1) is 13.2 Å². The Morgan fingerprint density at radius 3 is 1.27 bits per heavy atom. The molecule has 71 heavy (non-hydrogen) atoms. The van der Waals surface area contributed by atoms with Crippen LogP contribution < -0.4 is 0 Å². The van der Waals surface area contributed by atoms with Gasteiger partial charge in [0.2, 0.25) is 0 Å². The Balaban J connectivity index is 2.29. The van der Waals surface area contributed by atoms with E-state index in [1.165, 1.54) is 128 Å². The maximum absolute atomic E-state index is 12.9. The molecule has 6 unspecified atom stereocenters. The first-order chi connectivity index (χ1) is 34.5. The molecule has 13 heteroatoms. The van der Waals surface area contributed by atoms with E-state index in [-0.39, 0.29) is 13.0 Å². The fourth-order valence-corrected chi connectivity index (χ4v) is 9.65. The minimum Gasteiger partial charge on any atom is -0.457 e. The van der Waals surface area contributed by atoms with Gasteiger partial charge in [-0.05, 0) is 57.8 Å². The average molecular weight is 1030 g/mol. The number of allylic oxidation sites excluding steroid dienone is 10. The van der Waals surface area contributed by atoms with Crippen molar-refractivity contribution < 1.29 is 58.3 Å². The van der Waals surface area contributed by atoms with Crippen molar-refractivity contribution in [2.45, 2.75) is 281 Å². The number of hydrogen-bond donors (Lipinski definition) is 6. The Morgan fingerprint density at radius 2 is 0.831 bits per heavy atom. The molecule has 0 aliphatic heterocycles. The van der Waals surface area contributed by atoms with Gasteiger partial charge >= 0.3 is 13.8 Å². The van der Waals surface area contributed by atoms with E-state index in [4.69, 9.17) is 18.5 Å². The summed E-state index contributed by atoms with van der Waals surface area (Å²) < 4.78 is 34.4. The lowest BCUT2D eigenvalue weighted by Gasteiger charge is -2.41. The Hall–Kier alpha value is -1.96. The zero-order valence-electron chi connectivity index (χ0n) is 44.8. The van der Waals surface area contributed by atoms with Crippen LogP contribution in [0.4, 0.5) is 0 Å². The van der Waals surface area contributed by atoms with Crippen molar-refractivity contribution in [3.05, 3.63) is 60.8 Å². The predicted molar refractivity (Wildman–Crippen MR) is 290 cm³/mol. The minimum atomic E-state index is -5.03. The van der Waals surface area contributed by atoms with Crippen molar-refractivity contribution in [3.63, 3.8) is 0 Å². The summed E-state index contributed by atoms with van der Waals surface area (Å²) in [6, 6.07) is 0. The molecular formula is C58H105O12P. The number of carbonyl (C=O) groups excluding carboxylic acids is 1. The van der Waals surface area contributed by atoms with Crippen molar-refractivity contribution >= 4 is 13.8 Å². The lowest BCUT2D eigenvalue weighted by Crippen LogP contribution is -2.64. The highest BCUT2D eigenvalue weighted by Crippen LogP contribution is 2.47. The number of hydrogen-bond acceptors (Lipinski definition) is 11. The molecule has 0 spiro atoms. The fourth-order valence-electron chi connectivity index (χ4n) is 8.68. The van der Waals surface area contributed by atoms with Crippen LogP contribution in [0.5, 0.6) is 0 Å². The third-order valence-corrected chi connectivity index (χ3v) is 14.1. The second-order valence-corrected chi connectivity index (χ2v) is 21.2. The molecule has 0 amide bonds. The summed E-state index contributed by atoms with van der Waals surface area (Å²) in [5.74, 6) is -0.477. The van der Waals surface area contributed by atoms with Gasteiger partial charge in [-0.15, -0.1) is 0 Å². The number of ether oxygens (including phenoxy) is 2. The van der Waals surface area contributed by atoms with Gasteiger partial charge in [-0.2, -0.15) is 0 Å². The summed E-state index contributed by atoms with van der Waals surface area (Å²) in [6.07, 6.45) is 50.0. The van der Waals surface area contributed by atoms with E-state index in [1.807, 2.05) is 0 Å². The fraction of sp³-hybridized carbons (Fsp3) is 0.810. The molecule has 0 aromatic heterocycles. The summed E-state index contributed by atoms with van der Waals surface area (Å²) in [7, 11) is -5.03. The molecule has 1 rings (SSSR count). The van der Waals surface area contributed by atoms with Crippen LogP contribution in [-0.4, -0.2) is 98.9 Å². The monoisotopic (exact) mass is 1020 g/mol. The first kappa shape index (κ1) is 67.1. The standard InChI is InChI=1S/C58H105O12P/c1-3-5-7-9-11-13-15-17-19-21-23-25-26-27-28-30-32-34-36-38-40-42-44-46-48-67-49-51(50-68-71(65,66)70-58-56(63)54(61)53(60)55(62)57(58)64)69-52(59)47-45-43-41-39-37-35-33-31-29-24-22-20-18-16-14-12-10-8-6-4-2/h5,7,11,13,17,19,23,25,27-28,51,53-58,60-64H,3-4,6,8-10,12,14-16,18,20-22,24,26,29-50H2,1-2H3,(H,65,66)/b7-5-,13-11-,19-17-,25-23-,28-27-. The Labute approximate surface area is 432 Å². The third kappa shape index (κ3) is 39.2. The number of carbonyl (C=O) groups is 1. The molecule has 12 nitrogen and oxygen atoms in total. The zero-order chi connectivity index (χ0) is 51.9. The normalized spacial score (nSPS) is 21.2. The van der Waals surface area contributed by atoms with E-state index < -0.39 is 63.1 Å². The average Bonchev–Trinajstić information content (AvgIpc) is 3.36. The van der Waals surface area contributed by atoms with Gasteiger partial charge in [0, 0.05) is 13.0 Å². The Kier molecular flexibility index (Phi) is 45.1. The number of phosphoric acid groups is 1. The van der Waals surface area contributed by atoms with Crippen molar-refractivity contribution in [2.75, 3.05) is 19.8 Å². The van der Waals surface area contributed by atoms with Gasteiger partial charge in [-0.3, -0.25) is 13.8 Å². The van der Waals surface area contributed by atoms with Crippen LogP contribution >= 0.6 is 7.82 Å². The molecule has 0 radical (unpaired) electrons. The molecule has 1 aliphatic carbocycles. The zero-order valence-corrected chi connectivity index (χ0v) is 45.7. The number of esters is 1. The third-order valence-electron chi connectivity index (χ3n) is 13.2. The van der Waals surface area contributed by atoms with E-state index in [9.17, 15) is 39.8 Å². The molecule has 1 saturated carbocycles. The van der Waals surface area contributed by atoms with Crippen molar-refractivity contribution in [2.24, 2.45) is 0 Å². The summed E-state index contributed by atoms with van der Waals surface area (Å²) in [6.45, 7) is 4.17. The second kappa shape index (κ2) is 47.7. The van der Waals surface area contributed by atoms with Gasteiger partial charge in [0.25, 0.3) is 0 Å². The topological polar surface area (TPSA) is 192 Å². The van der Waals surface area contributed by atoms with E-state index in [1.54, 1.807) is 0 Å². The van der Waals surface area contributed by atoms with Crippen LogP contribution in [0.2, 0.25) is 0 Å². The number of aliphatic hydroxyl groups is 5. The minimum absolute atomic E-state index is 0.0822. The lowest BCUT2D eigenvalue weighted by atomic mass is 9.85. The molecule has 0 bridgehead atoms. The number of aliphatic hydroxyl groups excluding tert-OH is 5. The molecule has 414 valence electrons. The van der Waals surface area contributed by atoms with Gasteiger partial charge in [-0.1, -0.05) is 235 Å². The molecule has 1 aliphatic rings. The molecule has 1 fully saturated rings. The molecular weight excluding hydrogens is 920 g/mol. The van der Waals surface area contributed by atoms with Crippen LogP contribution in [-0.2, 0) is 27.9 Å². The molecule has 0 heterocycles. The van der Waals surface area contributed by atoms with E-state index in [2.05, 4.69) is 74.6 Å². The molecule has 0 aromatic carbocycles. The van der Waals surface area contributed by atoms with Gasteiger partial charge in [0.1, 0.15) is 42.7 Å². The smallest absolute Gasteiger partial charge is 0.457 e. The predicted octanol–water partition coefficient (Wildman–Crippen LogP) is 13.7. The van der Waals surface area contributed by atoms with E-state index >= 15 is 0 Å². The maximum atomic E-state index is 12.9. The second-order valence-electron chi connectivity index (χ2n) is 19.8. The number of rotatable bonds is 49. The van der Waals surface area contributed by atoms with E-state index in [0.717, 1.165) is 83.5 Å². The van der Waals surface area contributed by atoms with Crippen LogP contribution in [0.1, 0.15) is 239 Å². The Morgan fingerprint density at radius 1 is 0.465 bits per heavy atom. The molecule has 0 saturated heterocycles. The van der Waals surface area contributed by atoms with Gasteiger partial charge in [-0.25, -0.2) is 4.57 Å². The van der Waals surface area contributed by atoms with Gasteiger partial charge < -0.3 is 39.9 Å². The van der Waals surface area contributed by atoms with Crippen LogP contribution in [0.3, 0.4) is 0 Å². The molecule has 6 N–H and O–H groups in total. The molecule has 6 atom stereocenters. The van der Waals surface area contributed by atoms with Gasteiger partial charge in [0.15, 0.2) is 0 Å². The summed E-state index contributed by atoms with van der Waals surface area (Å²) >= 11 is 0. The highest BCUT2D eigenvalue weighted by molar-refractivity contribution is 7.47. The number of phosphoric ester groups is 1. The molecule has 0 aromatic rings. The quantitative estimate of drug-likeness (QED) is 0.0146. The van der Waals surface area contributed by atoms with Crippen LogP contribution in [0.25, 0.3) is 0 Å². The number of unbranched alkanes of at least 4 members (excludes halogenated alkanes) is 27. The first-order valence-electron chi connectivity index (χ1n) is 28.6. The SMILES string of the molecule is CC/C=C\C/C=C\C/C=C\C/C=C\C/C=C\CCCCCCCCCCOCC(COP(=O)(O)OC1C(O)C(O)C(O)C(O)C1O)OC(=O)CCCCCCCCCCCCCCCCCCCCCC. The first-order valence-corrected chi connectivity index (χ1v) is 30.1. The Bertz CT molecular complexity index is 1400. The van der Waals surface area contributed by atoms with Crippen molar-refractivity contribution in [3.8, 4) is 0 Å². The summed E-state index contributed by atoms with van der Waals surface area (Å²) in [4.78, 5) is 23.3. The summed E-state index contributed by atoms with van der Waals surface area (Å²) in [5, 5.41) is 50.4. The van der Waals surface area contributed by atoms with E-state index in [0.29, 0.717) is 13.0 Å². The maximum Gasteiger partial charge on any atom is 0.472 e. The highest BCUT2D eigenvalue weighted by Gasteiger charge is 2.51. The lowest BCUT2D eigenvalue weighted by molar-refractivity contribution is -0.220. The van der Waals surface area contributed by atoms with Crippen molar-refractivity contribution in [1.82, 2.24) is 0 Å². The highest BCUT2D eigenvalue weighted by atomic mass is 31.2. The van der Waals surface area contributed by atoms with Crippen LogP contribution in [0.15, 0.2) is 60.8 Å². The van der Waals surface area contributed by atoms with Crippen LogP contribution in [0, 0.1) is 0 Å².